The summed E-state index contributed by atoms with van der Waals surface area (Å²) in [5.74, 6) is 0.977. The van der Waals surface area contributed by atoms with Crippen molar-refractivity contribution in [1.82, 2.24) is 4.31 Å². The molecule has 5 rings (SSSR count). The molecule has 1 amide bonds. The Hall–Kier alpha value is -3.57. The van der Waals surface area contributed by atoms with E-state index in [0.717, 1.165) is 22.0 Å². The number of carbonyl (C=O) groups excluding carboxylic acids is 1. The van der Waals surface area contributed by atoms with Gasteiger partial charge >= 0.3 is 6.18 Å². The average molecular weight is 549 g/mol. The quantitative estimate of drug-likeness (QED) is 0.435. The van der Waals surface area contributed by atoms with Crippen molar-refractivity contribution in [3.05, 3.63) is 71.3 Å². The molecule has 1 N–H and O–H groups in total. The van der Waals surface area contributed by atoms with Gasteiger partial charge < -0.3 is 14.8 Å². The zero-order chi connectivity index (χ0) is 27.5. The van der Waals surface area contributed by atoms with Crippen LogP contribution in [0, 0.1) is 6.92 Å². The van der Waals surface area contributed by atoms with Crippen molar-refractivity contribution in [2.45, 2.75) is 36.3 Å². The summed E-state index contributed by atoms with van der Waals surface area (Å²) >= 11 is 0. The van der Waals surface area contributed by atoms with Gasteiger partial charge in [0.2, 0.25) is 22.7 Å². The molecule has 3 aromatic rings. The number of ether oxygens (including phenoxy) is 2. The minimum Gasteiger partial charge on any atom is -0.454 e. The molecule has 1 fully saturated rings. The topological polar surface area (TPSA) is 84.9 Å². The minimum absolute atomic E-state index is 0. The summed E-state index contributed by atoms with van der Waals surface area (Å²) in [7, 11) is -1.97. The van der Waals surface area contributed by atoms with Gasteiger partial charge in [-0.1, -0.05) is 18.2 Å². The average Bonchev–Trinajstić information content (AvgIpc) is 3.55. The van der Waals surface area contributed by atoms with Crippen LogP contribution in [0.5, 0.6) is 11.5 Å². The summed E-state index contributed by atoms with van der Waals surface area (Å²) in [5, 5.41) is 2.91. The second kappa shape index (κ2) is 9.02. The maximum Gasteiger partial charge on any atom is 0.417 e. The number of hydrogen-bond donors (Lipinski definition) is 1. The SMILES string of the molecule is Cc1ccc(NC(=O)C2(c3ccc4c(c3)OCO4)CC2)cc1-c1ccc(S(=O)(=O)N(C)C)c(C(F)(F)F)c1.[HH]. The first-order chi connectivity index (χ1) is 17.8. The van der Waals surface area contributed by atoms with Crippen molar-refractivity contribution in [2.75, 3.05) is 26.2 Å². The van der Waals surface area contributed by atoms with E-state index in [1.54, 1.807) is 37.3 Å². The normalized spacial score (nSPS) is 16.0. The van der Waals surface area contributed by atoms with E-state index in [4.69, 9.17) is 9.47 Å². The van der Waals surface area contributed by atoms with Crippen LogP contribution in [0.4, 0.5) is 18.9 Å². The molecule has 1 heterocycles. The summed E-state index contributed by atoms with van der Waals surface area (Å²) in [6.45, 7) is 1.86. The van der Waals surface area contributed by atoms with E-state index in [1.807, 2.05) is 6.07 Å². The molecule has 1 aliphatic heterocycles. The molecule has 0 bridgehead atoms. The number of anilines is 1. The highest BCUT2D eigenvalue weighted by Gasteiger charge is 2.51. The Labute approximate surface area is 219 Å². The van der Waals surface area contributed by atoms with Crippen LogP contribution >= 0.6 is 0 Å². The third-order valence-electron chi connectivity index (χ3n) is 6.96. The number of carbonyl (C=O) groups is 1. The Morgan fingerprint density at radius 3 is 2.37 bits per heavy atom. The zero-order valence-electron chi connectivity index (χ0n) is 20.8. The van der Waals surface area contributed by atoms with Crippen LogP contribution in [0.15, 0.2) is 59.5 Å². The number of halogens is 3. The van der Waals surface area contributed by atoms with Gasteiger partial charge in [0, 0.05) is 21.2 Å². The molecule has 0 aromatic heterocycles. The number of hydrogen-bond acceptors (Lipinski definition) is 5. The van der Waals surface area contributed by atoms with Crippen molar-refractivity contribution in [2.24, 2.45) is 0 Å². The summed E-state index contributed by atoms with van der Waals surface area (Å²) < 4.78 is 78.3. The van der Waals surface area contributed by atoms with Gasteiger partial charge in [0.1, 0.15) is 0 Å². The van der Waals surface area contributed by atoms with Crippen LogP contribution in [0.25, 0.3) is 11.1 Å². The van der Waals surface area contributed by atoms with Gasteiger partial charge in [-0.05, 0) is 78.4 Å². The predicted molar refractivity (Wildman–Crippen MR) is 137 cm³/mol. The number of benzene rings is 3. The van der Waals surface area contributed by atoms with E-state index >= 15 is 0 Å². The molecule has 1 aliphatic carbocycles. The fourth-order valence-corrected chi connectivity index (χ4v) is 5.65. The highest BCUT2D eigenvalue weighted by atomic mass is 32.2. The largest absolute Gasteiger partial charge is 0.454 e. The van der Waals surface area contributed by atoms with Gasteiger partial charge in [-0.25, -0.2) is 12.7 Å². The Balaban J connectivity index is 0.00000353. The van der Waals surface area contributed by atoms with E-state index in [-0.39, 0.29) is 19.7 Å². The highest BCUT2D eigenvalue weighted by molar-refractivity contribution is 7.89. The van der Waals surface area contributed by atoms with Gasteiger partial charge in [-0.15, -0.1) is 0 Å². The molecule has 3 aromatic carbocycles. The van der Waals surface area contributed by atoms with Crippen molar-refractivity contribution >= 4 is 21.6 Å². The number of nitrogens with zero attached hydrogens (tertiary/aromatic N) is 1. The van der Waals surface area contributed by atoms with Crippen LogP contribution < -0.4 is 14.8 Å². The van der Waals surface area contributed by atoms with Gasteiger partial charge in [0.05, 0.1) is 15.9 Å². The summed E-state index contributed by atoms with van der Waals surface area (Å²) in [5.41, 5.74) is 0.529. The monoisotopic (exact) mass is 548 g/mol. The molecule has 0 unspecified atom stereocenters. The molecule has 38 heavy (non-hydrogen) atoms. The lowest BCUT2D eigenvalue weighted by molar-refractivity contribution is -0.139. The Morgan fingerprint density at radius 1 is 1.00 bits per heavy atom. The standard InChI is InChI=1S/C27H25F3N2O5S.H2/c1-16-4-7-19(31-25(33)26(10-11-26)18-6-8-22-23(13-18)37-15-36-22)14-20(16)17-5-9-24(38(34,35)32(2)3)21(12-17)27(28,29)30;/h4-9,12-14H,10-11,15H2,1-3H3,(H,31,33);1H. The van der Waals surface area contributed by atoms with Crippen LogP contribution in [-0.2, 0) is 26.4 Å². The smallest absolute Gasteiger partial charge is 0.417 e. The number of alkyl halides is 3. The summed E-state index contributed by atoms with van der Waals surface area (Å²) in [6, 6.07) is 13.5. The summed E-state index contributed by atoms with van der Waals surface area (Å²) in [4.78, 5) is 12.5. The van der Waals surface area contributed by atoms with Crippen LogP contribution in [0.2, 0.25) is 0 Å². The molecule has 0 spiro atoms. The van der Waals surface area contributed by atoms with Crippen molar-refractivity contribution in [3.8, 4) is 22.6 Å². The molecule has 7 nitrogen and oxygen atoms in total. The highest BCUT2D eigenvalue weighted by Crippen LogP contribution is 2.51. The molecular weight excluding hydrogens is 521 g/mol. The number of aryl methyl sites for hydroxylation is 1. The predicted octanol–water partition coefficient (Wildman–Crippen LogP) is 5.58. The van der Waals surface area contributed by atoms with Gasteiger partial charge in [0.15, 0.2) is 11.5 Å². The number of sulfonamides is 1. The van der Waals surface area contributed by atoms with Gasteiger partial charge in [0.25, 0.3) is 0 Å². The van der Waals surface area contributed by atoms with Gasteiger partial charge in [-0.2, -0.15) is 13.2 Å². The number of rotatable bonds is 6. The second-order valence-electron chi connectivity index (χ2n) is 9.63. The number of amides is 1. The zero-order valence-corrected chi connectivity index (χ0v) is 21.7. The lowest BCUT2D eigenvalue weighted by Gasteiger charge is -2.19. The van der Waals surface area contributed by atoms with Crippen LogP contribution in [0.3, 0.4) is 0 Å². The van der Waals surface area contributed by atoms with Crippen molar-refractivity contribution < 1.29 is 37.3 Å². The molecule has 202 valence electrons. The van der Waals surface area contributed by atoms with Crippen molar-refractivity contribution in [1.29, 1.82) is 0 Å². The molecule has 0 radical (unpaired) electrons. The third kappa shape index (κ3) is 4.49. The van der Waals surface area contributed by atoms with Crippen molar-refractivity contribution in [3.63, 3.8) is 0 Å². The molecular formula is C27H27F3N2O5S. The molecule has 1 saturated carbocycles. The maximum absolute atomic E-state index is 13.9. The Kier molecular flexibility index (Phi) is 6.18. The van der Waals surface area contributed by atoms with E-state index in [2.05, 4.69) is 5.32 Å². The van der Waals surface area contributed by atoms with Crippen LogP contribution in [0.1, 0.15) is 31.0 Å². The maximum atomic E-state index is 13.9. The number of fused-ring (bicyclic) bond motifs is 1. The molecule has 11 heteroatoms. The second-order valence-corrected chi connectivity index (χ2v) is 11.8. The summed E-state index contributed by atoms with van der Waals surface area (Å²) in [6.07, 6.45) is -3.60. The fraction of sp³-hybridized carbons (Fsp3) is 0.296. The number of nitrogens with one attached hydrogen (secondary N) is 1. The van der Waals surface area contributed by atoms with Gasteiger partial charge in [-0.3, -0.25) is 4.79 Å². The lowest BCUT2D eigenvalue weighted by Crippen LogP contribution is -2.27. The lowest BCUT2D eigenvalue weighted by atomic mass is 9.94. The third-order valence-corrected chi connectivity index (χ3v) is 8.83. The molecule has 0 atom stereocenters. The van der Waals surface area contributed by atoms with Crippen LogP contribution in [-0.4, -0.2) is 39.5 Å². The first-order valence-corrected chi connectivity index (χ1v) is 13.2. The first-order valence-electron chi connectivity index (χ1n) is 11.8. The fourth-order valence-electron chi connectivity index (χ4n) is 4.57. The molecule has 2 aliphatic rings. The van der Waals surface area contributed by atoms with E-state index < -0.39 is 32.1 Å². The minimum atomic E-state index is -4.89. The Bertz CT molecular complexity index is 1550. The van der Waals surface area contributed by atoms with E-state index in [0.29, 0.717) is 41.2 Å². The van der Waals surface area contributed by atoms with E-state index in [9.17, 15) is 26.4 Å². The Morgan fingerprint density at radius 2 is 1.71 bits per heavy atom. The first kappa shape index (κ1) is 26.1. The van der Waals surface area contributed by atoms with E-state index in [1.165, 1.54) is 20.2 Å². The molecule has 0 saturated heterocycles.